The second kappa shape index (κ2) is 8.66. The molecule has 0 radical (unpaired) electrons. The van der Waals surface area contributed by atoms with Crippen molar-refractivity contribution in [3.05, 3.63) is 65.2 Å². The van der Waals surface area contributed by atoms with Gasteiger partial charge >= 0.3 is 6.09 Å². The van der Waals surface area contributed by atoms with E-state index in [1.54, 1.807) is 31.2 Å². The van der Waals surface area contributed by atoms with Gasteiger partial charge in [0.15, 0.2) is 5.13 Å². The molecule has 1 heterocycles. The van der Waals surface area contributed by atoms with Crippen LogP contribution in [0.1, 0.15) is 17.3 Å². The molecule has 3 rings (SSSR count). The molecule has 0 aliphatic carbocycles. The van der Waals surface area contributed by atoms with Crippen LogP contribution in [0.15, 0.2) is 54.6 Å². The van der Waals surface area contributed by atoms with Gasteiger partial charge in [0.1, 0.15) is 10.7 Å². The number of anilines is 2. The second-order valence-corrected chi connectivity index (χ2v) is 6.81. The topological polar surface area (TPSA) is 80.3 Å². The molecule has 2 N–H and O–H groups in total. The van der Waals surface area contributed by atoms with Crippen LogP contribution >= 0.6 is 22.9 Å². The van der Waals surface area contributed by atoms with E-state index < -0.39 is 6.09 Å². The molecule has 0 spiro atoms. The zero-order chi connectivity index (χ0) is 19.2. The van der Waals surface area contributed by atoms with Crippen LogP contribution in [0.5, 0.6) is 0 Å². The molecule has 138 valence electrons. The largest absolute Gasteiger partial charge is 0.450 e. The van der Waals surface area contributed by atoms with E-state index >= 15 is 0 Å². The van der Waals surface area contributed by atoms with E-state index in [2.05, 4.69) is 15.6 Å². The van der Waals surface area contributed by atoms with Crippen molar-refractivity contribution >= 4 is 45.1 Å². The Balaban J connectivity index is 1.91. The summed E-state index contributed by atoms with van der Waals surface area (Å²) in [6, 6.07) is 16.0. The zero-order valence-electron chi connectivity index (χ0n) is 14.4. The Hall–Kier alpha value is -2.90. The normalized spacial score (nSPS) is 10.3. The first-order valence-corrected chi connectivity index (χ1v) is 9.33. The average molecular weight is 402 g/mol. The Morgan fingerprint density at radius 2 is 1.89 bits per heavy atom. The first-order valence-electron chi connectivity index (χ1n) is 8.13. The third-order valence-corrected chi connectivity index (χ3v) is 4.59. The van der Waals surface area contributed by atoms with Gasteiger partial charge in [0.05, 0.1) is 6.61 Å². The number of hydrogen-bond donors (Lipinski definition) is 2. The van der Waals surface area contributed by atoms with Crippen molar-refractivity contribution in [2.45, 2.75) is 6.92 Å². The van der Waals surface area contributed by atoms with Crippen molar-refractivity contribution in [2.24, 2.45) is 0 Å². The summed E-state index contributed by atoms with van der Waals surface area (Å²) >= 11 is 7.11. The molecule has 6 nitrogen and oxygen atoms in total. The van der Waals surface area contributed by atoms with E-state index in [9.17, 15) is 9.59 Å². The molecule has 0 saturated heterocycles. The highest BCUT2D eigenvalue weighted by molar-refractivity contribution is 7.20. The maximum absolute atomic E-state index is 12.6. The number of nitrogens with one attached hydrogen (secondary N) is 2. The molecule has 0 unspecified atom stereocenters. The summed E-state index contributed by atoms with van der Waals surface area (Å²) in [5.74, 6) is -0.319. The van der Waals surface area contributed by atoms with E-state index in [1.165, 1.54) is 0 Å². The van der Waals surface area contributed by atoms with Crippen molar-refractivity contribution in [3.63, 3.8) is 0 Å². The van der Waals surface area contributed by atoms with Gasteiger partial charge in [0, 0.05) is 16.1 Å². The van der Waals surface area contributed by atoms with Gasteiger partial charge in [0.2, 0.25) is 0 Å². The fourth-order valence-electron chi connectivity index (χ4n) is 2.31. The van der Waals surface area contributed by atoms with Crippen LogP contribution in [-0.2, 0) is 4.74 Å². The van der Waals surface area contributed by atoms with Crippen LogP contribution in [0.2, 0.25) is 5.02 Å². The first-order chi connectivity index (χ1) is 13.1. The van der Waals surface area contributed by atoms with Crippen molar-refractivity contribution in [3.8, 4) is 11.3 Å². The fraction of sp³-hybridized carbons (Fsp3) is 0.105. The van der Waals surface area contributed by atoms with Crippen molar-refractivity contribution in [2.75, 3.05) is 17.2 Å². The number of hydrogen-bond acceptors (Lipinski definition) is 5. The number of aromatic nitrogens is 1. The molecule has 2 aromatic carbocycles. The first kappa shape index (κ1) is 18.9. The summed E-state index contributed by atoms with van der Waals surface area (Å²) in [6.07, 6.45) is -0.599. The minimum absolute atomic E-state index is 0.251. The minimum atomic E-state index is -0.599. The summed E-state index contributed by atoms with van der Waals surface area (Å²) < 4.78 is 4.88. The summed E-state index contributed by atoms with van der Waals surface area (Å²) in [5.41, 5.74) is 1.80. The monoisotopic (exact) mass is 401 g/mol. The van der Waals surface area contributed by atoms with Gasteiger partial charge in [-0.2, -0.15) is 0 Å². The van der Waals surface area contributed by atoms with Crippen LogP contribution in [-0.4, -0.2) is 23.6 Å². The molecule has 0 aliphatic heterocycles. The minimum Gasteiger partial charge on any atom is -0.450 e. The van der Waals surface area contributed by atoms with Gasteiger partial charge in [-0.3, -0.25) is 10.1 Å². The Bertz CT molecular complexity index is 960. The quantitative estimate of drug-likeness (QED) is 0.609. The SMILES string of the molecule is CCOC(=O)Nc1nc(-c2ccccc2)c(NC(=O)c2cccc(Cl)c2)s1. The summed E-state index contributed by atoms with van der Waals surface area (Å²) in [6.45, 7) is 1.97. The molecule has 27 heavy (non-hydrogen) atoms. The highest BCUT2D eigenvalue weighted by atomic mass is 35.5. The van der Waals surface area contributed by atoms with Gasteiger partial charge in [-0.15, -0.1) is 0 Å². The smallest absolute Gasteiger partial charge is 0.413 e. The molecular weight excluding hydrogens is 386 g/mol. The molecule has 0 atom stereocenters. The van der Waals surface area contributed by atoms with Crippen LogP contribution in [0, 0.1) is 0 Å². The number of ether oxygens (including phenoxy) is 1. The lowest BCUT2D eigenvalue weighted by atomic mass is 10.1. The zero-order valence-corrected chi connectivity index (χ0v) is 15.9. The van der Waals surface area contributed by atoms with Crippen LogP contribution < -0.4 is 10.6 Å². The van der Waals surface area contributed by atoms with Gasteiger partial charge in [-0.25, -0.2) is 9.78 Å². The Kier molecular flexibility index (Phi) is 6.05. The van der Waals surface area contributed by atoms with Crippen LogP contribution in [0.3, 0.4) is 0 Å². The Morgan fingerprint density at radius 3 is 2.59 bits per heavy atom. The Labute approximate surface area is 165 Å². The summed E-state index contributed by atoms with van der Waals surface area (Å²) in [5, 5.41) is 6.73. The van der Waals surface area contributed by atoms with Gasteiger partial charge in [-0.1, -0.05) is 59.3 Å². The molecule has 0 bridgehead atoms. The summed E-state index contributed by atoms with van der Waals surface area (Å²) in [4.78, 5) is 28.7. The number of benzene rings is 2. The maximum Gasteiger partial charge on any atom is 0.413 e. The van der Waals surface area contributed by atoms with Gasteiger partial charge < -0.3 is 10.1 Å². The van der Waals surface area contributed by atoms with E-state index in [-0.39, 0.29) is 12.5 Å². The van der Waals surface area contributed by atoms with Gasteiger partial charge in [-0.05, 0) is 25.1 Å². The second-order valence-electron chi connectivity index (χ2n) is 5.37. The Morgan fingerprint density at radius 1 is 1.11 bits per heavy atom. The third-order valence-electron chi connectivity index (χ3n) is 3.47. The number of nitrogens with zero attached hydrogens (tertiary/aromatic N) is 1. The third kappa shape index (κ3) is 4.84. The van der Waals surface area contributed by atoms with Crippen LogP contribution in [0.4, 0.5) is 14.9 Å². The average Bonchev–Trinajstić information content (AvgIpc) is 3.04. The predicted molar refractivity (Wildman–Crippen MR) is 108 cm³/mol. The van der Waals surface area contributed by atoms with E-state index in [0.29, 0.717) is 26.4 Å². The van der Waals surface area contributed by atoms with Crippen molar-refractivity contribution in [1.29, 1.82) is 0 Å². The van der Waals surface area contributed by atoms with Crippen molar-refractivity contribution < 1.29 is 14.3 Å². The molecule has 0 fully saturated rings. The molecule has 2 amide bonds. The fourth-order valence-corrected chi connectivity index (χ4v) is 3.37. The molecular formula is C19H16ClN3O3S. The van der Waals surface area contributed by atoms with Gasteiger partial charge in [0.25, 0.3) is 5.91 Å². The highest BCUT2D eigenvalue weighted by Gasteiger charge is 2.18. The lowest BCUT2D eigenvalue weighted by Gasteiger charge is -2.05. The molecule has 8 heteroatoms. The number of thiazole rings is 1. The van der Waals surface area contributed by atoms with E-state index in [1.807, 2.05) is 30.3 Å². The van der Waals surface area contributed by atoms with Crippen LogP contribution in [0.25, 0.3) is 11.3 Å². The molecule has 1 aromatic heterocycles. The van der Waals surface area contributed by atoms with E-state index in [0.717, 1.165) is 16.9 Å². The molecule has 3 aromatic rings. The molecule has 0 aliphatic rings. The highest BCUT2D eigenvalue weighted by Crippen LogP contribution is 2.36. The number of halogens is 1. The number of rotatable bonds is 5. The summed E-state index contributed by atoms with van der Waals surface area (Å²) in [7, 11) is 0. The number of amides is 2. The maximum atomic E-state index is 12.6. The number of carbonyl (C=O) groups excluding carboxylic acids is 2. The van der Waals surface area contributed by atoms with Crippen molar-refractivity contribution in [1.82, 2.24) is 4.98 Å². The van der Waals surface area contributed by atoms with E-state index in [4.69, 9.17) is 16.3 Å². The molecule has 0 saturated carbocycles. The number of carbonyl (C=O) groups is 2. The lowest BCUT2D eigenvalue weighted by Crippen LogP contribution is -2.12. The predicted octanol–water partition coefficient (Wildman–Crippen LogP) is 5.28. The lowest BCUT2D eigenvalue weighted by molar-refractivity contribution is 0.102. The standard InChI is InChI=1S/C19H16ClN3O3S/c1-2-26-19(25)23-18-21-15(12-7-4-3-5-8-12)17(27-18)22-16(24)13-9-6-10-14(20)11-13/h3-11H,2H2,1H3,(H,22,24)(H,21,23,25).